The Morgan fingerprint density at radius 2 is 1.73 bits per heavy atom. The number of urea groups is 1. The highest BCUT2D eigenvalue weighted by atomic mass is 16.5. The van der Waals surface area contributed by atoms with Crippen molar-refractivity contribution in [2.75, 3.05) is 23.8 Å². The van der Waals surface area contributed by atoms with Crippen LogP contribution in [-0.2, 0) is 11.3 Å². The van der Waals surface area contributed by atoms with Gasteiger partial charge in [-0.1, -0.05) is 30.3 Å². The lowest BCUT2D eigenvalue weighted by Gasteiger charge is -2.08. The number of ketones is 1. The summed E-state index contributed by atoms with van der Waals surface area (Å²) >= 11 is 0. The number of rotatable bonds is 9. The SMILES string of the molecule is CC(=O)c1ccc(NC(=O)Nc2n[nH]c3cc(OCCOCc4ccccc4)ccc23)cc1. The average Bonchev–Trinajstić information content (AvgIpc) is 3.21. The highest BCUT2D eigenvalue weighted by Crippen LogP contribution is 2.25. The summed E-state index contributed by atoms with van der Waals surface area (Å²) in [5.74, 6) is 1.05. The third kappa shape index (κ3) is 5.96. The van der Waals surface area contributed by atoms with Crippen LogP contribution in [0.3, 0.4) is 0 Å². The Morgan fingerprint density at radius 3 is 2.48 bits per heavy atom. The van der Waals surface area contributed by atoms with Crippen LogP contribution in [0.5, 0.6) is 5.75 Å². The average molecular weight is 444 g/mol. The van der Waals surface area contributed by atoms with Gasteiger partial charge in [-0.3, -0.25) is 15.2 Å². The topological polar surface area (TPSA) is 105 Å². The maximum atomic E-state index is 12.3. The first-order chi connectivity index (χ1) is 16.1. The van der Waals surface area contributed by atoms with Crippen molar-refractivity contribution in [3.8, 4) is 5.75 Å². The number of anilines is 2. The van der Waals surface area contributed by atoms with Gasteiger partial charge in [0.15, 0.2) is 11.6 Å². The second kappa shape index (κ2) is 10.4. The van der Waals surface area contributed by atoms with Crippen molar-refractivity contribution in [1.29, 1.82) is 0 Å². The van der Waals surface area contributed by atoms with Crippen LogP contribution in [0.15, 0.2) is 72.8 Å². The lowest BCUT2D eigenvalue weighted by molar-refractivity contribution is 0.0889. The molecule has 0 bridgehead atoms. The minimum absolute atomic E-state index is 0.0305. The number of amides is 2. The molecular formula is C25H24N4O4. The smallest absolute Gasteiger partial charge is 0.324 e. The quantitative estimate of drug-likeness (QED) is 0.249. The van der Waals surface area contributed by atoms with Gasteiger partial charge in [-0.05, 0) is 48.9 Å². The number of benzene rings is 3. The number of hydrogen-bond donors (Lipinski definition) is 3. The van der Waals surface area contributed by atoms with E-state index in [0.717, 1.165) is 16.5 Å². The molecule has 3 N–H and O–H groups in total. The van der Waals surface area contributed by atoms with Crippen molar-refractivity contribution in [3.05, 3.63) is 83.9 Å². The van der Waals surface area contributed by atoms with E-state index < -0.39 is 6.03 Å². The number of aromatic amines is 1. The van der Waals surface area contributed by atoms with Crippen molar-refractivity contribution in [3.63, 3.8) is 0 Å². The molecular weight excluding hydrogens is 420 g/mol. The van der Waals surface area contributed by atoms with E-state index >= 15 is 0 Å². The first-order valence-corrected chi connectivity index (χ1v) is 10.5. The molecule has 168 valence electrons. The van der Waals surface area contributed by atoms with Gasteiger partial charge in [0.1, 0.15) is 12.4 Å². The van der Waals surface area contributed by atoms with Crippen molar-refractivity contribution in [2.24, 2.45) is 0 Å². The van der Waals surface area contributed by atoms with Gasteiger partial charge in [0.25, 0.3) is 0 Å². The van der Waals surface area contributed by atoms with Crippen LogP contribution in [0.25, 0.3) is 10.9 Å². The third-order valence-electron chi connectivity index (χ3n) is 4.92. The number of ether oxygens (including phenoxy) is 2. The summed E-state index contributed by atoms with van der Waals surface area (Å²) in [5.41, 5.74) is 3.01. The predicted octanol–water partition coefficient (Wildman–Crippen LogP) is 5.01. The maximum absolute atomic E-state index is 12.3. The number of H-pyrrole nitrogens is 1. The molecule has 8 nitrogen and oxygen atoms in total. The maximum Gasteiger partial charge on any atom is 0.324 e. The number of aromatic nitrogens is 2. The zero-order valence-electron chi connectivity index (χ0n) is 18.1. The Morgan fingerprint density at radius 1 is 0.939 bits per heavy atom. The van der Waals surface area contributed by atoms with Crippen molar-refractivity contribution in [1.82, 2.24) is 10.2 Å². The first kappa shape index (κ1) is 22.0. The molecule has 0 aliphatic heterocycles. The summed E-state index contributed by atoms with van der Waals surface area (Å²) < 4.78 is 11.4. The lowest BCUT2D eigenvalue weighted by Crippen LogP contribution is -2.19. The van der Waals surface area contributed by atoms with E-state index in [0.29, 0.717) is 42.6 Å². The fourth-order valence-corrected chi connectivity index (χ4v) is 3.22. The second-order valence-electron chi connectivity index (χ2n) is 7.38. The number of carbonyl (C=O) groups excluding carboxylic acids is 2. The van der Waals surface area contributed by atoms with Crippen molar-refractivity contribution < 1.29 is 19.1 Å². The fourth-order valence-electron chi connectivity index (χ4n) is 3.22. The summed E-state index contributed by atoms with van der Waals surface area (Å²) in [4.78, 5) is 23.7. The van der Waals surface area contributed by atoms with E-state index in [1.54, 1.807) is 24.3 Å². The monoisotopic (exact) mass is 444 g/mol. The van der Waals surface area contributed by atoms with E-state index in [1.165, 1.54) is 6.92 Å². The molecule has 0 aliphatic carbocycles. The zero-order valence-corrected chi connectivity index (χ0v) is 18.1. The van der Waals surface area contributed by atoms with E-state index in [2.05, 4.69) is 20.8 Å². The Balaban J connectivity index is 1.28. The number of nitrogens with zero attached hydrogens (tertiary/aromatic N) is 1. The summed E-state index contributed by atoms with van der Waals surface area (Å²) in [6, 6.07) is 21.7. The van der Waals surface area contributed by atoms with Crippen LogP contribution >= 0.6 is 0 Å². The van der Waals surface area contributed by atoms with Crippen LogP contribution in [0.2, 0.25) is 0 Å². The molecule has 2 amide bonds. The van der Waals surface area contributed by atoms with E-state index in [-0.39, 0.29) is 5.78 Å². The minimum Gasteiger partial charge on any atom is -0.491 e. The summed E-state index contributed by atoms with van der Waals surface area (Å²) in [6.45, 7) is 2.93. The number of Topliss-reactive ketones (excluding diaryl/α,β-unsaturated/α-hetero) is 1. The molecule has 0 radical (unpaired) electrons. The molecule has 0 aliphatic rings. The standard InChI is InChI=1S/C25H24N4O4/c1-17(30)19-7-9-20(10-8-19)26-25(31)27-24-22-12-11-21(15-23(22)28-29-24)33-14-13-32-16-18-5-3-2-4-6-18/h2-12,15H,13-14,16H2,1H3,(H3,26,27,28,29,31). The third-order valence-corrected chi connectivity index (χ3v) is 4.92. The van der Waals surface area contributed by atoms with Gasteiger partial charge in [-0.15, -0.1) is 0 Å². The first-order valence-electron chi connectivity index (χ1n) is 10.5. The highest BCUT2D eigenvalue weighted by molar-refractivity contribution is 6.05. The number of fused-ring (bicyclic) bond motifs is 1. The van der Waals surface area contributed by atoms with Crippen LogP contribution in [0.4, 0.5) is 16.3 Å². The van der Waals surface area contributed by atoms with Crippen LogP contribution in [0, 0.1) is 0 Å². The predicted molar refractivity (Wildman–Crippen MR) is 127 cm³/mol. The van der Waals surface area contributed by atoms with Gasteiger partial charge < -0.3 is 14.8 Å². The number of carbonyl (C=O) groups is 2. The molecule has 0 saturated carbocycles. The molecule has 8 heteroatoms. The highest BCUT2D eigenvalue weighted by Gasteiger charge is 2.11. The molecule has 33 heavy (non-hydrogen) atoms. The molecule has 0 unspecified atom stereocenters. The molecule has 1 heterocycles. The zero-order chi connectivity index (χ0) is 23.0. The molecule has 0 spiro atoms. The molecule has 4 rings (SSSR count). The molecule has 3 aromatic carbocycles. The Kier molecular flexibility index (Phi) is 6.96. The summed E-state index contributed by atoms with van der Waals surface area (Å²) in [6.07, 6.45) is 0. The Labute approximate surface area is 190 Å². The number of nitrogens with one attached hydrogen (secondary N) is 3. The fraction of sp³-hybridized carbons (Fsp3) is 0.160. The minimum atomic E-state index is -0.435. The van der Waals surface area contributed by atoms with Gasteiger partial charge in [-0.25, -0.2) is 4.79 Å². The second-order valence-corrected chi connectivity index (χ2v) is 7.38. The van der Waals surface area contributed by atoms with Gasteiger partial charge in [-0.2, -0.15) is 5.10 Å². The van der Waals surface area contributed by atoms with Crippen LogP contribution in [0.1, 0.15) is 22.8 Å². The van der Waals surface area contributed by atoms with Crippen LogP contribution < -0.4 is 15.4 Å². The van der Waals surface area contributed by atoms with E-state index in [4.69, 9.17) is 9.47 Å². The van der Waals surface area contributed by atoms with Gasteiger partial charge >= 0.3 is 6.03 Å². The van der Waals surface area contributed by atoms with Gasteiger partial charge in [0.2, 0.25) is 0 Å². The van der Waals surface area contributed by atoms with E-state index in [9.17, 15) is 9.59 Å². The molecule has 0 saturated heterocycles. The summed E-state index contributed by atoms with van der Waals surface area (Å²) in [7, 11) is 0. The Bertz CT molecular complexity index is 1240. The van der Waals surface area contributed by atoms with Crippen LogP contribution in [-0.4, -0.2) is 35.2 Å². The van der Waals surface area contributed by atoms with Crippen molar-refractivity contribution in [2.45, 2.75) is 13.5 Å². The molecule has 0 fully saturated rings. The molecule has 4 aromatic rings. The Hall–Kier alpha value is -4.17. The largest absolute Gasteiger partial charge is 0.491 e. The molecule has 0 atom stereocenters. The van der Waals surface area contributed by atoms with E-state index in [1.807, 2.05) is 48.5 Å². The lowest BCUT2D eigenvalue weighted by atomic mass is 10.1. The van der Waals surface area contributed by atoms with Gasteiger partial charge in [0.05, 0.1) is 18.7 Å². The normalized spacial score (nSPS) is 10.7. The van der Waals surface area contributed by atoms with Crippen molar-refractivity contribution >= 4 is 34.2 Å². The molecule has 1 aromatic heterocycles. The summed E-state index contributed by atoms with van der Waals surface area (Å²) in [5, 5.41) is 13.3. The number of hydrogen-bond acceptors (Lipinski definition) is 5. The van der Waals surface area contributed by atoms with Gasteiger partial charge in [0, 0.05) is 22.7 Å².